The molecule has 142 valence electrons. The van der Waals surface area contributed by atoms with Crippen LogP contribution in [0, 0.1) is 0 Å². The molecule has 0 unspecified atom stereocenters. The molecule has 3 rings (SSSR count). The number of halogens is 2. The van der Waals surface area contributed by atoms with Gasteiger partial charge in [-0.25, -0.2) is 4.79 Å². The first-order valence-corrected chi connectivity index (χ1v) is 9.31. The number of carbonyl (C=O) groups excluding carboxylic acids is 2. The fourth-order valence-corrected chi connectivity index (χ4v) is 3.20. The van der Waals surface area contributed by atoms with Gasteiger partial charge in [0.25, 0.3) is 5.91 Å². The van der Waals surface area contributed by atoms with E-state index < -0.39 is 18.5 Å². The van der Waals surface area contributed by atoms with Crippen molar-refractivity contribution in [1.82, 2.24) is 5.32 Å². The van der Waals surface area contributed by atoms with Gasteiger partial charge < -0.3 is 10.1 Å². The van der Waals surface area contributed by atoms with Gasteiger partial charge in [0, 0.05) is 5.02 Å². The summed E-state index contributed by atoms with van der Waals surface area (Å²) in [4.78, 5) is 24.6. The maximum absolute atomic E-state index is 12.4. The van der Waals surface area contributed by atoms with Gasteiger partial charge in [-0.2, -0.15) is 0 Å². The monoisotopic (exact) mass is 413 g/mol. The molecule has 0 heterocycles. The number of hydrogen-bond donors (Lipinski definition) is 1. The van der Waals surface area contributed by atoms with E-state index in [4.69, 9.17) is 27.9 Å². The molecule has 6 heteroatoms. The molecular weight excluding hydrogens is 397 g/mol. The van der Waals surface area contributed by atoms with Crippen molar-refractivity contribution in [3.05, 3.63) is 106 Å². The number of esters is 1. The summed E-state index contributed by atoms with van der Waals surface area (Å²) >= 11 is 11.8. The van der Waals surface area contributed by atoms with Gasteiger partial charge in [-0.1, -0.05) is 83.9 Å². The molecule has 0 saturated carbocycles. The summed E-state index contributed by atoms with van der Waals surface area (Å²) in [6.45, 7) is -0.423. The predicted molar refractivity (Wildman–Crippen MR) is 110 cm³/mol. The van der Waals surface area contributed by atoms with Crippen molar-refractivity contribution in [3.8, 4) is 0 Å². The Hall–Kier alpha value is -2.82. The van der Waals surface area contributed by atoms with Gasteiger partial charge in [0.05, 0.1) is 16.6 Å². The molecule has 1 N–H and O–H groups in total. The highest BCUT2D eigenvalue weighted by molar-refractivity contribution is 6.36. The Kier molecular flexibility index (Phi) is 6.69. The van der Waals surface area contributed by atoms with Crippen molar-refractivity contribution in [2.45, 2.75) is 6.04 Å². The van der Waals surface area contributed by atoms with Gasteiger partial charge in [0.15, 0.2) is 6.61 Å². The summed E-state index contributed by atoms with van der Waals surface area (Å²) in [6, 6.07) is 23.2. The lowest BCUT2D eigenvalue weighted by Gasteiger charge is -2.20. The first kappa shape index (κ1) is 19.9. The van der Waals surface area contributed by atoms with Gasteiger partial charge in [0.1, 0.15) is 0 Å². The number of nitrogens with one attached hydrogen (secondary N) is 1. The molecule has 0 spiro atoms. The predicted octanol–water partition coefficient (Wildman–Crippen LogP) is 5.06. The molecule has 0 aliphatic carbocycles. The molecule has 0 radical (unpaired) electrons. The van der Waals surface area contributed by atoms with Crippen LogP contribution >= 0.6 is 23.2 Å². The van der Waals surface area contributed by atoms with Crippen molar-refractivity contribution in [2.75, 3.05) is 6.61 Å². The van der Waals surface area contributed by atoms with Crippen molar-refractivity contribution < 1.29 is 14.3 Å². The number of carbonyl (C=O) groups is 2. The topological polar surface area (TPSA) is 55.4 Å². The number of ether oxygens (including phenoxy) is 1. The Balaban J connectivity index is 1.68. The van der Waals surface area contributed by atoms with Crippen molar-refractivity contribution in [3.63, 3.8) is 0 Å². The second-order valence-corrected chi connectivity index (χ2v) is 6.87. The maximum atomic E-state index is 12.4. The molecule has 28 heavy (non-hydrogen) atoms. The fraction of sp³-hybridized carbons (Fsp3) is 0.0909. The zero-order valence-corrected chi connectivity index (χ0v) is 16.3. The van der Waals surface area contributed by atoms with E-state index in [1.807, 2.05) is 60.7 Å². The number of amides is 1. The molecular formula is C22H17Cl2NO3. The van der Waals surface area contributed by atoms with E-state index in [0.717, 1.165) is 11.1 Å². The summed E-state index contributed by atoms with van der Waals surface area (Å²) in [5.41, 5.74) is 2.00. The van der Waals surface area contributed by atoms with E-state index in [1.165, 1.54) is 18.2 Å². The highest BCUT2D eigenvalue weighted by atomic mass is 35.5. The SMILES string of the molecule is O=C(COC(=O)c1ccc(Cl)cc1Cl)NC(c1ccccc1)c1ccccc1. The fourth-order valence-electron chi connectivity index (χ4n) is 2.72. The molecule has 0 aromatic heterocycles. The second kappa shape index (κ2) is 9.40. The molecule has 0 aliphatic heterocycles. The Bertz CT molecular complexity index is 923. The molecule has 0 saturated heterocycles. The molecule has 0 atom stereocenters. The molecule has 1 amide bonds. The lowest BCUT2D eigenvalue weighted by atomic mass is 9.99. The molecule has 4 nitrogen and oxygen atoms in total. The van der Waals surface area contributed by atoms with Crippen LogP contribution in [0.15, 0.2) is 78.9 Å². The smallest absolute Gasteiger partial charge is 0.340 e. The van der Waals surface area contributed by atoms with Crippen molar-refractivity contribution in [1.29, 1.82) is 0 Å². The Labute approximate surface area is 173 Å². The highest BCUT2D eigenvalue weighted by Gasteiger charge is 2.19. The van der Waals surface area contributed by atoms with Crippen LogP contribution in [0.2, 0.25) is 10.0 Å². The maximum Gasteiger partial charge on any atom is 0.340 e. The zero-order chi connectivity index (χ0) is 19.9. The van der Waals surface area contributed by atoms with Gasteiger partial charge in [-0.15, -0.1) is 0 Å². The van der Waals surface area contributed by atoms with E-state index in [1.54, 1.807) is 0 Å². The normalized spacial score (nSPS) is 10.5. The third-order valence-electron chi connectivity index (χ3n) is 4.06. The van der Waals surface area contributed by atoms with Crippen molar-refractivity contribution >= 4 is 35.1 Å². The Morgan fingerprint density at radius 1 is 0.857 bits per heavy atom. The van der Waals surface area contributed by atoms with Crippen LogP contribution in [0.25, 0.3) is 0 Å². The minimum Gasteiger partial charge on any atom is -0.452 e. The molecule has 0 aliphatic rings. The minimum absolute atomic E-state index is 0.154. The van der Waals surface area contributed by atoms with E-state index in [0.29, 0.717) is 5.02 Å². The second-order valence-electron chi connectivity index (χ2n) is 6.02. The van der Waals surface area contributed by atoms with Crippen LogP contribution in [0.4, 0.5) is 0 Å². The highest BCUT2D eigenvalue weighted by Crippen LogP contribution is 2.23. The quantitative estimate of drug-likeness (QED) is 0.574. The average molecular weight is 414 g/mol. The van der Waals surface area contributed by atoms with Crippen molar-refractivity contribution in [2.24, 2.45) is 0 Å². The van der Waals surface area contributed by atoms with Crippen LogP contribution in [0.1, 0.15) is 27.5 Å². The van der Waals surface area contributed by atoms with E-state index in [2.05, 4.69) is 5.32 Å². The standard InChI is InChI=1S/C22H17Cl2NO3/c23-17-11-12-18(19(24)13-17)22(27)28-14-20(26)25-21(15-7-3-1-4-8-15)16-9-5-2-6-10-16/h1-13,21H,14H2,(H,25,26). The third kappa shape index (κ3) is 5.12. The zero-order valence-electron chi connectivity index (χ0n) is 14.8. The largest absolute Gasteiger partial charge is 0.452 e. The summed E-state index contributed by atoms with van der Waals surface area (Å²) in [5, 5.41) is 3.49. The Morgan fingerprint density at radius 2 is 1.43 bits per heavy atom. The van der Waals surface area contributed by atoms with E-state index in [9.17, 15) is 9.59 Å². The summed E-state index contributed by atoms with van der Waals surface area (Å²) < 4.78 is 5.10. The van der Waals surface area contributed by atoms with Gasteiger partial charge in [-0.05, 0) is 29.3 Å². The molecule has 0 bridgehead atoms. The van der Waals surface area contributed by atoms with Gasteiger partial charge in [-0.3, -0.25) is 4.79 Å². The summed E-state index contributed by atoms with van der Waals surface area (Å²) in [7, 11) is 0. The minimum atomic E-state index is -0.687. The van der Waals surface area contributed by atoms with Crippen LogP contribution in [0.5, 0.6) is 0 Å². The van der Waals surface area contributed by atoms with Crippen LogP contribution in [0.3, 0.4) is 0 Å². The lowest BCUT2D eigenvalue weighted by molar-refractivity contribution is -0.124. The number of benzene rings is 3. The summed E-state index contributed by atoms with van der Waals surface area (Å²) in [5.74, 6) is -1.11. The Morgan fingerprint density at radius 3 is 1.96 bits per heavy atom. The number of rotatable bonds is 6. The molecule has 3 aromatic carbocycles. The first-order chi connectivity index (χ1) is 13.5. The van der Waals surface area contributed by atoms with E-state index in [-0.39, 0.29) is 16.6 Å². The van der Waals surface area contributed by atoms with Gasteiger partial charge >= 0.3 is 5.97 Å². The van der Waals surface area contributed by atoms with Crippen LogP contribution in [-0.2, 0) is 9.53 Å². The third-order valence-corrected chi connectivity index (χ3v) is 4.60. The molecule has 0 fully saturated rings. The van der Waals surface area contributed by atoms with E-state index >= 15 is 0 Å². The van der Waals surface area contributed by atoms with Gasteiger partial charge in [0.2, 0.25) is 0 Å². The first-order valence-electron chi connectivity index (χ1n) is 8.56. The summed E-state index contributed by atoms with van der Waals surface area (Å²) in [6.07, 6.45) is 0. The number of hydrogen-bond acceptors (Lipinski definition) is 3. The van der Waals surface area contributed by atoms with Crippen LogP contribution in [-0.4, -0.2) is 18.5 Å². The molecule has 3 aromatic rings. The van der Waals surface area contributed by atoms with Crippen LogP contribution < -0.4 is 5.32 Å². The average Bonchev–Trinajstić information content (AvgIpc) is 2.71. The lowest BCUT2D eigenvalue weighted by Crippen LogP contribution is -2.33.